The molecule has 2 rings (SSSR count). The normalized spacial score (nSPS) is 10.8. The second kappa shape index (κ2) is 2.28. The van der Waals surface area contributed by atoms with E-state index in [1.54, 1.807) is 12.1 Å². The summed E-state index contributed by atoms with van der Waals surface area (Å²) in [5.74, 6) is 0. The zero-order chi connectivity index (χ0) is 8.72. The molecule has 1 heterocycles. The number of fused-ring (bicyclic) bond motifs is 1. The zero-order valence-electron chi connectivity index (χ0n) is 6.04. The Bertz CT molecular complexity index is 437. The number of hydrogen-bond donors (Lipinski definition) is 2. The van der Waals surface area contributed by atoms with Crippen LogP contribution in [0.1, 0.15) is 0 Å². The van der Waals surface area contributed by atoms with Crippen molar-refractivity contribution in [2.24, 2.45) is 0 Å². The molecule has 0 saturated carbocycles. The van der Waals surface area contributed by atoms with Gasteiger partial charge in [-0.05, 0) is 12.1 Å². The molecule has 4 N–H and O–H groups in total. The van der Waals surface area contributed by atoms with Crippen molar-refractivity contribution in [1.29, 1.82) is 0 Å². The Balaban J connectivity index is 2.88. The largest absolute Gasteiger partial charge is 0.421 e. The third kappa shape index (κ3) is 0.967. The molecule has 0 aliphatic rings. The van der Waals surface area contributed by atoms with E-state index >= 15 is 0 Å². The summed E-state index contributed by atoms with van der Waals surface area (Å²) in [7, 11) is 0. The van der Waals surface area contributed by atoms with E-state index in [-0.39, 0.29) is 6.01 Å². The lowest BCUT2D eigenvalue weighted by Crippen LogP contribution is -1.84. The summed E-state index contributed by atoms with van der Waals surface area (Å²) in [6, 6.07) is 3.33. The summed E-state index contributed by atoms with van der Waals surface area (Å²) in [6.07, 6.45) is 0. The molecule has 0 aliphatic carbocycles. The highest BCUT2D eigenvalue weighted by atomic mass is 35.5. The van der Waals surface area contributed by atoms with Crippen LogP contribution in [-0.4, -0.2) is 4.98 Å². The number of aromatic nitrogens is 1. The van der Waals surface area contributed by atoms with E-state index in [0.29, 0.717) is 21.8 Å². The maximum Gasteiger partial charge on any atom is 0.293 e. The van der Waals surface area contributed by atoms with Crippen LogP contribution in [0, 0.1) is 0 Å². The van der Waals surface area contributed by atoms with Gasteiger partial charge in [0.25, 0.3) is 6.01 Å². The van der Waals surface area contributed by atoms with Gasteiger partial charge < -0.3 is 15.9 Å². The van der Waals surface area contributed by atoms with E-state index in [1.165, 1.54) is 0 Å². The SMILES string of the molecule is Nc1nc2cc(Cl)cc(N)c2o1. The van der Waals surface area contributed by atoms with E-state index in [9.17, 15) is 0 Å². The van der Waals surface area contributed by atoms with Crippen LogP contribution in [0.4, 0.5) is 11.7 Å². The minimum atomic E-state index is 0.0963. The van der Waals surface area contributed by atoms with Gasteiger partial charge in [-0.1, -0.05) is 11.6 Å². The van der Waals surface area contributed by atoms with E-state index < -0.39 is 0 Å². The van der Waals surface area contributed by atoms with Crippen molar-refractivity contribution in [3.05, 3.63) is 17.2 Å². The number of oxazole rings is 1. The number of nitrogens with two attached hydrogens (primary N) is 2. The van der Waals surface area contributed by atoms with Crippen LogP contribution in [-0.2, 0) is 0 Å². The highest BCUT2D eigenvalue weighted by Gasteiger charge is 2.06. The fraction of sp³-hybridized carbons (Fsp3) is 0. The van der Waals surface area contributed by atoms with Gasteiger partial charge in [-0.25, -0.2) is 0 Å². The molecular formula is C7H6ClN3O. The van der Waals surface area contributed by atoms with Crippen LogP contribution in [0.5, 0.6) is 0 Å². The first-order valence-electron chi connectivity index (χ1n) is 3.28. The topological polar surface area (TPSA) is 78.1 Å². The Morgan fingerprint density at radius 2 is 2.08 bits per heavy atom. The first-order chi connectivity index (χ1) is 5.66. The standard InChI is InChI=1S/C7H6ClN3O/c8-3-1-4(9)6-5(2-3)11-7(10)12-6/h1-2H,9H2,(H2,10,11). The average molecular weight is 184 g/mol. The summed E-state index contributed by atoms with van der Waals surface area (Å²) in [5.41, 5.74) is 12.4. The number of benzene rings is 1. The number of anilines is 2. The highest BCUT2D eigenvalue weighted by Crippen LogP contribution is 2.26. The molecule has 2 aromatic rings. The van der Waals surface area contributed by atoms with Gasteiger partial charge in [0, 0.05) is 5.02 Å². The van der Waals surface area contributed by atoms with Gasteiger partial charge in [0.2, 0.25) is 0 Å². The molecule has 0 amide bonds. The maximum absolute atomic E-state index is 5.73. The van der Waals surface area contributed by atoms with Crippen LogP contribution >= 0.6 is 11.6 Å². The Morgan fingerprint density at radius 1 is 1.33 bits per heavy atom. The molecule has 0 fully saturated rings. The van der Waals surface area contributed by atoms with Crippen LogP contribution < -0.4 is 11.5 Å². The molecule has 1 aromatic heterocycles. The van der Waals surface area contributed by atoms with Gasteiger partial charge in [-0.2, -0.15) is 4.98 Å². The number of hydrogen-bond acceptors (Lipinski definition) is 4. The van der Waals surface area contributed by atoms with Crippen molar-refractivity contribution in [1.82, 2.24) is 4.98 Å². The molecule has 1 aromatic carbocycles. The van der Waals surface area contributed by atoms with Gasteiger partial charge in [0.05, 0.1) is 5.69 Å². The first kappa shape index (κ1) is 7.24. The van der Waals surface area contributed by atoms with Crippen molar-refractivity contribution in [2.75, 3.05) is 11.5 Å². The monoisotopic (exact) mass is 183 g/mol. The number of halogens is 1. The molecule has 0 atom stereocenters. The Hall–Kier alpha value is -1.42. The lowest BCUT2D eigenvalue weighted by atomic mass is 10.3. The Labute approximate surface area is 73.1 Å². The first-order valence-corrected chi connectivity index (χ1v) is 3.65. The summed E-state index contributed by atoms with van der Waals surface area (Å²) in [4.78, 5) is 3.88. The van der Waals surface area contributed by atoms with E-state index in [2.05, 4.69) is 4.98 Å². The zero-order valence-corrected chi connectivity index (χ0v) is 6.80. The van der Waals surface area contributed by atoms with Gasteiger partial charge >= 0.3 is 0 Å². The van der Waals surface area contributed by atoms with Crippen molar-refractivity contribution in [2.45, 2.75) is 0 Å². The summed E-state index contributed by atoms with van der Waals surface area (Å²) >= 11 is 5.73. The van der Waals surface area contributed by atoms with E-state index in [1.807, 2.05) is 0 Å². The van der Waals surface area contributed by atoms with Gasteiger partial charge in [-0.15, -0.1) is 0 Å². The number of nitrogens with zero attached hydrogens (tertiary/aromatic N) is 1. The summed E-state index contributed by atoms with van der Waals surface area (Å²) < 4.78 is 5.04. The van der Waals surface area contributed by atoms with Crippen molar-refractivity contribution >= 4 is 34.4 Å². The van der Waals surface area contributed by atoms with Crippen LogP contribution in [0.3, 0.4) is 0 Å². The molecule has 0 saturated heterocycles. The van der Waals surface area contributed by atoms with Crippen molar-refractivity contribution < 1.29 is 4.42 Å². The average Bonchev–Trinajstić information content (AvgIpc) is 2.29. The fourth-order valence-electron chi connectivity index (χ4n) is 1.04. The third-order valence-electron chi connectivity index (χ3n) is 1.50. The number of nitrogen functional groups attached to an aromatic ring is 2. The lowest BCUT2D eigenvalue weighted by molar-refractivity contribution is 0.627. The Kier molecular flexibility index (Phi) is 1.38. The maximum atomic E-state index is 5.73. The molecule has 12 heavy (non-hydrogen) atoms. The molecule has 0 unspecified atom stereocenters. The van der Waals surface area contributed by atoms with E-state index in [0.717, 1.165) is 0 Å². The minimum Gasteiger partial charge on any atom is -0.421 e. The highest BCUT2D eigenvalue weighted by molar-refractivity contribution is 6.31. The van der Waals surface area contributed by atoms with E-state index in [4.69, 9.17) is 27.5 Å². The van der Waals surface area contributed by atoms with Gasteiger partial charge in [0.15, 0.2) is 5.58 Å². The van der Waals surface area contributed by atoms with Crippen LogP contribution in [0.15, 0.2) is 16.5 Å². The predicted molar refractivity (Wildman–Crippen MR) is 47.8 cm³/mol. The molecule has 4 nitrogen and oxygen atoms in total. The molecule has 62 valence electrons. The molecule has 0 radical (unpaired) electrons. The summed E-state index contributed by atoms with van der Waals surface area (Å²) in [5, 5.41) is 0.522. The molecule has 0 bridgehead atoms. The molecule has 0 aliphatic heterocycles. The summed E-state index contributed by atoms with van der Waals surface area (Å²) in [6.45, 7) is 0. The Morgan fingerprint density at radius 3 is 2.83 bits per heavy atom. The smallest absolute Gasteiger partial charge is 0.293 e. The van der Waals surface area contributed by atoms with Crippen molar-refractivity contribution in [3.63, 3.8) is 0 Å². The predicted octanol–water partition coefficient (Wildman–Crippen LogP) is 1.65. The van der Waals surface area contributed by atoms with Crippen molar-refractivity contribution in [3.8, 4) is 0 Å². The third-order valence-corrected chi connectivity index (χ3v) is 1.72. The lowest BCUT2D eigenvalue weighted by Gasteiger charge is -1.93. The molecular weight excluding hydrogens is 178 g/mol. The van der Waals surface area contributed by atoms with Crippen LogP contribution in [0.25, 0.3) is 11.1 Å². The van der Waals surface area contributed by atoms with Gasteiger partial charge in [0.1, 0.15) is 5.52 Å². The second-order valence-electron chi connectivity index (χ2n) is 2.40. The fourth-order valence-corrected chi connectivity index (χ4v) is 1.26. The molecule has 5 heteroatoms. The van der Waals surface area contributed by atoms with Crippen LogP contribution in [0.2, 0.25) is 5.02 Å². The number of rotatable bonds is 0. The second-order valence-corrected chi connectivity index (χ2v) is 2.83. The minimum absolute atomic E-state index is 0.0963. The quantitative estimate of drug-likeness (QED) is 0.609. The van der Waals surface area contributed by atoms with Gasteiger partial charge in [-0.3, -0.25) is 0 Å². The molecule has 0 spiro atoms.